The summed E-state index contributed by atoms with van der Waals surface area (Å²) in [6, 6.07) is 7.46. The maximum atomic E-state index is 5.90. The molecule has 0 radical (unpaired) electrons. The summed E-state index contributed by atoms with van der Waals surface area (Å²) in [6.45, 7) is 0.715. The van der Waals surface area contributed by atoms with E-state index < -0.39 is 0 Å². The van der Waals surface area contributed by atoms with Gasteiger partial charge in [0.25, 0.3) is 0 Å². The molecular formula is C12H10ClNO2. The third kappa shape index (κ3) is 1.63. The van der Waals surface area contributed by atoms with Gasteiger partial charge in [-0.2, -0.15) is 0 Å². The molecule has 0 fully saturated rings. The van der Waals surface area contributed by atoms with Crippen molar-refractivity contribution in [3.8, 4) is 5.75 Å². The Morgan fingerprint density at radius 1 is 1.31 bits per heavy atom. The minimum atomic E-state index is -0.00701. The van der Waals surface area contributed by atoms with Crippen LogP contribution in [0, 0.1) is 0 Å². The van der Waals surface area contributed by atoms with Crippen LogP contribution in [-0.4, -0.2) is 6.54 Å². The second-order valence-electron chi connectivity index (χ2n) is 3.68. The molecule has 0 amide bonds. The van der Waals surface area contributed by atoms with Crippen LogP contribution < -0.4 is 10.1 Å². The molecule has 1 aromatic carbocycles. The van der Waals surface area contributed by atoms with E-state index in [9.17, 15) is 0 Å². The van der Waals surface area contributed by atoms with E-state index in [0.29, 0.717) is 11.6 Å². The van der Waals surface area contributed by atoms with Gasteiger partial charge in [0.1, 0.15) is 11.9 Å². The number of hydrogen-bond acceptors (Lipinski definition) is 3. The molecule has 1 N–H and O–H groups in total. The molecule has 2 aromatic rings. The van der Waals surface area contributed by atoms with Crippen molar-refractivity contribution in [1.82, 2.24) is 0 Å². The number of benzene rings is 1. The lowest BCUT2D eigenvalue weighted by atomic mass is 10.1. The first-order valence-corrected chi connectivity index (χ1v) is 5.43. The molecule has 4 heteroatoms. The molecule has 2 heterocycles. The number of halogens is 1. The van der Waals surface area contributed by atoms with Crippen molar-refractivity contribution in [3.05, 3.63) is 47.4 Å². The maximum absolute atomic E-state index is 5.90. The van der Waals surface area contributed by atoms with Crippen molar-refractivity contribution >= 4 is 17.3 Å². The molecule has 0 spiro atoms. The lowest BCUT2D eigenvalue weighted by molar-refractivity contribution is 0.209. The van der Waals surface area contributed by atoms with E-state index in [-0.39, 0.29) is 6.10 Å². The molecule has 0 aliphatic carbocycles. The highest BCUT2D eigenvalue weighted by Gasteiger charge is 2.21. The largest absolute Gasteiger partial charge is 0.482 e. The Balaban J connectivity index is 1.89. The summed E-state index contributed by atoms with van der Waals surface area (Å²) in [5.74, 6) is 0.821. The molecule has 1 atom stereocenters. The van der Waals surface area contributed by atoms with Gasteiger partial charge in [-0.05, 0) is 24.3 Å². The summed E-state index contributed by atoms with van der Waals surface area (Å²) < 4.78 is 10.9. The van der Waals surface area contributed by atoms with Gasteiger partial charge < -0.3 is 14.5 Å². The fourth-order valence-electron chi connectivity index (χ4n) is 1.78. The van der Waals surface area contributed by atoms with Gasteiger partial charge in [0.2, 0.25) is 0 Å². The molecule has 16 heavy (non-hydrogen) atoms. The van der Waals surface area contributed by atoms with Crippen molar-refractivity contribution in [3.63, 3.8) is 0 Å². The molecule has 0 saturated carbocycles. The fraction of sp³-hybridized carbons (Fsp3) is 0.167. The zero-order chi connectivity index (χ0) is 11.0. The van der Waals surface area contributed by atoms with E-state index in [1.165, 1.54) is 0 Å². The van der Waals surface area contributed by atoms with Crippen molar-refractivity contribution in [1.29, 1.82) is 0 Å². The number of ether oxygens (including phenoxy) is 1. The summed E-state index contributed by atoms with van der Waals surface area (Å²) >= 11 is 5.90. The predicted octanol–water partition coefficient (Wildman–Crippen LogP) is 3.48. The smallest absolute Gasteiger partial charge is 0.144 e. The van der Waals surface area contributed by atoms with Gasteiger partial charge in [-0.25, -0.2) is 0 Å². The zero-order valence-electron chi connectivity index (χ0n) is 8.44. The first-order valence-electron chi connectivity index (χ1n) is 5.05. The van der Waals surface area contributed by atoms with Crippen molar-refractivity contribution in [2.24, 2.45) is 0 Å². The molecule has 1 unspecified atom stereocenters. The van der Waals surface area contributed by atoms with Crippen LogP contribution in [-0.2, 0) is 0 Å². The number of rotatable bonds is 1. The van der Waals surface area contributed by atoms with Crippen molar-refractivity contribution in [2.75, 3.05) is 11.9 Å². The molecule has 0 saturated heterocycles. The lowest BCUT2D eigenvalue weighted by Gasteiger charge is -2.26. The van der Waals surface area contributed by atoms with Gasteiger partial charge in [0.15, 0.2) is 0 Å². The summed E-state index contributed by atoms with van der Waals surface area (Å²) in [7, 11) is 0. The number of anilines is 1. The average molecular weight is 236 g/mol. The van der Waals surface area contributed by atoms with Gasteiger partial charge in [-0.3, -0.25) is 0 Å². The second-order valence-corrected chi connectivity index (χ2v) is 4.12. The topological polar surface area (TPSA) is 34.4 Å². The molecule has 3 rings (SSSR count). The molecule has 1 aliphatic rings. The number of hydrogen-bond donors (Lipinski definition) is 1. The van der Waals surface area contributed by atoms with Crippen LogP contribution in [0.5, 0.6) is 5.75 Å². The van der Waals surface area contributed by atoms with Crippen LogP contribution in [0.3, 0.4) is 0 Å². The third-order valence-electron chi connectivity index (χ3n) is 2.60. The van der Waals surface area contributed by atoms with Crippen molar-refractivity contribution in [2.45, 2.75) is 6.10 Å². The quantitative estimate of drug-likeness (QED) is 0.822. The van der Waals surface area contributed by atoms with Gasteiger partial charge in [-0.15, -0.1) is 0 Å². The van der Waals surface area contributed by atoms with E-state index in [4.69, 9.17) is 20.8 Å². The minimum Gasteiger partial charge on any atom is -0.482 e. The summed E-state index contributed by atoms with van der Waals surface area (Å²) in [6.07, 6.45) is 3.34. The Bertz CT molecular complexity index is 496. The number of furan rings is 1. The summed E-state index contributed by atoms with van der Waals surface area (Å²) in [5.41, 5.74) is 1.97. The van der Waals surface area contributed by atoms with Crippen LogP contribution in [0.25, 0.3) is 0 Å². The lowest BCUT2D eigenvalue weighted by Crippen LogP contribution is -2.23. The van der Waals surface area contributed by atoms with E-state index in [1.54, 1.807) is 12.5 Å². The molecule has 1 aliphatic heterocycles. The first kappa shape index (κ1) is 9.60. The third-order valence-corrected chi connectivity index (χ3v) is 2.84. The minimum absolute atomic E-state index is 0.00701. The Labute approximate surface area is 98.0 Å². The SMILES string of the molecule is Clc1ccc2c(c1)NCC(c1ccoc1)O2. The van der Waals surface area contributed by atoms with Crippen LogP contribution >= 0.6 is 11.6 Å². The fourth-order valence-corrected chi connectivity index (χ4v) is 1.96. The standard InChI is InChI=1S/C12H10ClNO2/c13-9-1-2-11-10(5-9)14-6-12(16-11)8-3-4-15-7-8/h1-5,7,12,14H,6H2. The molecule has 1 aromatic heterocycles. The Morgan fingerprint density at radius 3 is 3.06 bits per heavy atom. The van der Waals surface area contributed by atoms with E-state index in [1.807, 2.05) is 24.3 Å². The van der Waals surface area contributed by atoms with Crippen LogP contribution in [0.2, 0.25) is 5.02 Å². The van der Waals surface area contributed by atoms with Crippen LogP contribution in [0.1, 0.15) is 11.7 Å². The molecular weight excluding hydrogens is 226 g/mol. The number of fused-ring (bicyclic) bond motifs is 1. The highest BCUT2D eigenvalue weighted by Crippen LogP contribution is 2.35. The summed E-state index contributed by atoms with van der Waals surface area (Å²) in [4.78, 5) is 0. The second kappa shape index (κ2) is 3.76. The van der Waals surface area contributed by atoms with Gasteiger partial charge in [0.05, 0.1) is 24.8 Å². The Hall–Kier alpha value is -1.61. The highest BCUT2D eigenvalue weighted by atomic mass is 35.5. The highest BCUT2D eigenvalue weighted by molar-refractivity contribution is 6.30. The van der Waals surface area contributed by atoms with Gasteiger partial charge in [-0.1, -0.05) is 11.6 Å². The summed E-state index contributed by atoms with van der Waals surface area (Å²) in [5, 5.41) is 4.00. The molecule has 0 bridgehead atoms. The zero-order valence-corrected chi connectivity index (χ0v) is 9.20. The molecule has 82 valence electrons. The monoisotopic (exact) mass is 235 g/mol. The van der Waals surface area contributed by atoms with E-state index in [0.717, 1.165) is 17.0 Å². The Morgan fingerprint density at radius 2 is 2.25 bits per heavy atom. The molecule has 3 nitrogen and oxygen atoms in total. The Kier molecular flexibility index (Phi) is 2.26. The average Bonchev–Trinajstić information content (AvgIpc) is 2.82. The first-order chi connectivity index (χ1) is 7.83. The van der Waals surface area contributed by atoms with Crippen molar-refractivity contribution < 1.29 is 9.15 Å². The predicted molar refractivity (Wildman–Crippen MR) is 62.0 cm³/mol. The van der Waals surface area contributed by atoms with Gasteiger partial charge in [0, 0.05) is 10.6 Å². The number of nitrogens with one attached hydrogen (secondary N) is 1. The van der Waals surface area contributed by atoms with Crippen LogP contribution in [0.15, 0.2) is 41.2 Å². The van der Waals surface area contributed by atoms with Crippen LogP contribution in [0.4, 0.5) is 5.69 Å². The van der Waals surface area contributed by atoms with E-state index >= 15 is 0 Å². The van der Waals surface area contributed by atoms with Gasteiger partial charge >= 0.3 is 0 Å². The normalized spacial score (nSPS) is 18.4. The van der Waals surface area contributed by atoms with E-state index in [2.05, 4.69) is 5.32 Å². The maximum Gasteiger partial charge on any atom is 0.144 e.